The highest BCUT2D eigenvalue weighted by Crippen LogP contribution is 2.28. The molecular weight excluding hydrogens is 258 g/mol. The van der Waals surface area contributed by atoms with Crippen LogP contribution in [0.25, 0.3) is 0 Å². The molecule has 0 radical (unpaired) electrons. The molecule has 0 amide bonds. The highest BCUT2D eigenvalue weighted by Gasteiger charge is 2.25. The Kier molecular flexibility index (Phi) is 5.10. The number of thioether (sulfide) groups is 1. The lowest BCUT2D eigenvalue weighted by Gasteiger charge is -2.20. The fraction of sp³-hybridized carbons (Fsp3) is 0.500. The van der Waals surface area contributed by atoms with Crippen LogP contribution in [0.15, 0.2) is 29.4 Å². The molecule has 4 N–H and O–H groups in total. The van der Waals surface area contributed by atoms with Gasteiger partial charge in [0.2, 0.25) is 0 Å². The zero-order valence-electron chi connectivity index (χ0n) is 11.2. The molecule has 104 valence electrons. The lowest BCUT2D eigenvalue weighted by molar-refractivity contribution is 0.318. The highest BCUT2D eigenvalue weighted by molar-refractivity contribution is 7.99. The summed E-state index contributed by atoms with van der Waals surface area (Å²) in [6.07, 6.45) is 6.00. The minimum Gasteiger partial charge on any atom is -0.409 e. The van der Waals surface area contributed by atoms with Gasteiger partial charge in [-0.05, 0) is 24.7 Å². The van der Waals surface area contributed by atoms with Gasteiger partial charge in [0.05, 0.1) is 0 Å². The first-order valence-electron chi connectivity index (χ1n) is 6.58. The largest absolute Gasteiger partial charge is 0.409 e. The Labute approximate surface area is 118 Å². The summed E-state index contributed by atoms with van der Waals surface area (Å²) in [4.78, 5) is 0. The number of nitrogens with two attached hydrogens (primary N) is 1. The van der Waals surface area contributed by atoms with Crippen LogP contribution in [-0.2, 0) is 6.54 Å². The average Bonchev–Trinajstić information content (AvgIpc) is 2.92. The van der Waals surface area contributed by atoms with E-state index in [1.807, 2.05) is 36.0 Å². The Bertz CT molecular complexity index is 450. The van der Waals surface area contributed by atoms with Crippen LogP contribution in [-0.4, -0.2) is 28.6 Å². The maximum atomic E-state index is 8.81. The second kappa shape index (κ2) is 6.82. The number of oxime groups is 1. The topological polar surface area (TPSA) is 70.6 Å². The van der Waals surface area contributed by atoms with Crippen molar-refractivity contribution in [1.29, 1.82) is 0 Å². The van der Waals surface area contributed by atoms with Crippen molar-refractivity contribution in [3.05, 3.63) is 35.4 Å². The summed E-state index contributed by atoms with van der Waals surface area (Å²) in [5, 5.41) is 16.2. The summed E-state index contributed by atoms with van der Waals surface area (Å²) in [7, 11) is 0. The number of amidine groups is 1. The van der Waals surface area contributed by atoms with Crippen LogP contribution in [0.4, 0.5) is 0 Å². The number of hydrogen-bond acceptors (Lipinski definition) is 4. The van der Waals surface area contributed by atoms with E-state index in [-0.39, 0.29) is 5.84 Å². The van der Waals surface area contributed by atoms with Gasteiger partial charge in [0.25, 0.3) is 0 Å². The molecule has 2 unspecified atom stereocenters. The van der Waals surface area contributed by atoms with Crippen LogP contribution in [0.1, 0.15) is 30.4 Å². The molecule has 2 rings (SSSR count). The van der Waals surface area contributed by atoms with E-state index >= 15 is 0 Å². The van der Waals surface area contributed by atoms with Gasteiger partial charge in [-0.25, -0.2) is 0 Å². The van der Waals surface area contributed by atoms with Gasteiger partial charge in [0.15, 0.2) is 5.84 Å². The third kappa shape index (κ3) is 3.42. The summed E-state index contributed by atoms with van der Waals surface area (Å²) < 4.78 is 0. The summed E-state index contributed by atoms with van der Waals surface area (Å²) in [5.74, 6) is 0.172. The van der Waals surface area contributed by atoms with Crippen LogP contribution < -0.4 is 11.1 Å². The molecular formula is C14H21N3OS. The minimum absolute atomic E-state index is 0.172. The summed E-state index contributed by atoms with van der Waals surface area (Å²) in [5.41, 5.74) is 7.58. The van der Waals surface area contributed by atoms with Crippen LogP contribution in [0.3, 0.4) is 0 Å². The van der Waals surface area contributed by atoms with Crippen molar-refractivity contribution in [3.63, 3.8) is 0 Å². The van der Waals surface area contributed by atoms with E-state index in [4.69, 9.17) is 10.9 Å². The Morgan fingerprint density at radius 3 is 3.00 bits per heavy atom. The molecule has 1 aliphatic rings. The van der Waals surface area contributed by atoms with Crippen LogP contribution in [0.2, 0.25) is 0 Å². The molecule has 1 saturated carbocycles. The molecule has 1 fully saturated rings. The van der Waals surface area contributed by atoms with Crippen molar-refractivity contribution in [2.45, 2.75) is 37.1 Å². The fourth-order valence-electron chi connectivity index (χ4n) is 2.66. The Morgan fingerprint density at radius 1 is 1.47 bits per heavy atom. The molecule has 4 nitrogen and oxygen atoms in total. The quantitative estimate of drug-likeness (QED) is 0.334. The van der Waals surface area contributed by atoms with Crippen molar-refractivity contribution >= 4 is 17.6 Å². The van der Waals surface area contributed by atoms with Crippen LogP contribution >= 0.6 is 11.8 Å². The molecule has 1 aliphatic carbocycles. The maximum Gasteiger partial charge on any atom is 0.170 e. The van der Waals surface area contributed by atoms with Gasteiger partial charge in [-0.2, -0.15) is 11.8 Å². The lowest BCUT2D eigenvalue weighted by Crippen LogP contribution is -2.34. The third-order valence-electron chi connectivity index (χ3n) is 3.71. The molecule has 0 heterocycles. The van der Waals surface area contributed by atoms with E-state index < -0.39 is 0 Å². The normalized spacial score (nSPS) is 23.7. The van der Waals surface area contributed by atoms with Gasteiger partial charge in [-0.1, -0.05) is 35.8 Å². The van der Waals surface area contributed by atoms with Crippen molar-refractivity contribution in [1.82, 2.24) is 5.32 Å². The van der Waals surface area contributed by atoms with E-state index in [2.05, 4.69) is 16.7 Å². The minimum atomic E-state index is 0.172. The van der Waals surface area contributed by atoms with Gasteiger partial charge < -0.3 is 16.3 Å². The van der Waals surface area contributed by atoms with Crippen molar-refractivity contribution in [2.24, 2.45) is 10.9 Å². The molecule has 19 heavy (non-hydrogen) atoms. The van der Waals surface area contributed by atoms with Crippen molar-refractivity contribution in [2.75, 3.05) is 6.26 Å². The summed E-state index contributed by atoms with van der Waals surface area (Å²) >= 11 is 1.94. The lowest BCUT2D eigenvalue weighted by atomic mass is 10.1. The number of hydrogen-bond donors (Lipinski definition) is 3. The second-order valence-corrected chi connectivity index (χ2v) is 5.91. The fourth-order valence-corrected chi connectivity index (χ4v) is 3.62. The molecule has 0 aromatic heterocycles. The highest BCUT2D eigenvalue weighted by atomic mass is 32.2. The standard InChI is InChI=1S/C14H21N3OS/c1-19-13-8-4-7-12(13)16-9-10-5-2-3-6-11(10)14(15)17-18/h2-3,5-6,12-13,16,18H,4,7-9H2,1H3,(H2,15,17). The van der Waals surface area contributed by atoms with Gasteiger partial charge in [0.1, 0.15) is 0 Å². The first-order chi connectivity index (χ1) is 9.26. The third-order valence-corrected chi connectivity index (χ3v) is 4.88. The number of benzene rings is 1. The summed E-state index contributed by atoms with van der Waals surface area (Å²) in [6.45, 7) is 0.758. The molecule has 1 aromatic carbocycles. The monoisotopic (exact) mass is 279 g/mol. The SMILES string of the molecule is CSC1CCCC1NCc1ccccc1/C(N)=N/O. The predicted octanol–water partition coefficient (Wildman–Crippen LogP) is 2.15. The molecule has 0 saturated heterocycles. The molecule has 0 bridgehead atoms. The van der Waals surface area contributed by atoms with Gasteiger partial charge in [-0.15, -0.1) is 0 Å². The van der Waals surface area contributed by atoms with Crippen LogP contribution in [0, 0.1) is 0 Å². The zero-order valence-corrected chi connectivity index (χ0v) is 12.0. The van der Waals surface area contributed by atoms with Gasteiger partial charge in [-0.3, -0.25) is 0 Å². The van der Waals surface area contributed by atoms with E-state index in [0.29, 0.717) is 11.3 Å². The molecule has 0 spiro atoms. The maximum absolute atomic E-state index is 8.81. The smallest absolute Gasteiger partial charge is 0.170 e. The molecule has 0 aliphatic heterocycles. The Morgan fingerprint density at radius 2 is 2.26 bits per heavy atom. The number of rotatable bonds is 5. The molecule has 2 atom stereocenters. The van der Waals surface area contributed by atoms with E-state index in [1.165, 1.54) is 19.3 Å². The van der Waals surface area contributed by atoms with Gasteiger partial charge >= 0.3 is 0 Å². The van der Waals surface area contributed by atoms with E-state index in [9.17, 15) is 0 Å². The number of nitrogens with one attached hydrogen (secondary N) is 1. The van der Waals surface area contributed by atoms with Crippen molar-refractivity contribution < 1.29 is 5.21 Å². The Balaban J connectivity index is 2.03. The van der Waals surface area contributed by atoms with Gasteiger partial charge in [0, 0.05) is 23.4 Å². The second-order valence-electron chi connectivity index (χ2n) is 4.83. The zero-order chi connectivity index (χ0) is 13.7. The van der Waals surface area contributed by atoms with Crippen LogP contribution in [0.5, 0.6) is 0 Å². The van der Waals surface area contributed by atoms with E-state index in [1.54, 1.807) is 0 Å². The van der Waals surface area contributed by atoms with E-state index in [0.717, 1.165) is 17.7 Å². The predicted molar refractivity (Wildman–Crippen MR) is 80.7 cm³/mol. The summed E-state index contributed by atoms with van der Waals surface area (Å²) in [6, 6.07) is 8.34. The number of nitrogens with zero attached hydrogens (tertiary/aromatic N) is 1. The Hall–Kier alpha value is -1.20. The average molecular weight is 279 g/mol. The molecule has 1 aromatic rings. The van der Waals surface area contributed by atoms with Crippen molar-refractivity contribution in [3.8, 4) is 0 Å². The molecule has 5 heteroatoms. The first kappa shape index (κ1) is 14.2. The first-order valence-corrected chi connectivity index (χ1v) is 7.87.